The minimum absolute atomic E-state index is 0.00927. The first kappa shape index (κ1) is 16.5. The van der Waals surface area contributed by atoms with E-state index >= 15 is 0 Å². The van der Waals surface area contributed by atoms with Crippen LogP contribution in [0.5, 0.6) is 0 Å². The fourth-order valence-corrected chi connectivity index (χ4v) is 1.59. The molecule has 0 aliphatic rings. The van der Waals surface area contributed by atoms with E-state index < -0.39 is 44.4 Å². The Morgan fingerprint density at radius 2 is 1.82 bits per heavy atom. The van der Waals surface area contributed by atoms with Crippen molar-refractivity contribution < 1.29 is 27.1 Å². The molecule has 2 unspecified atom stereocenters. The van der Waals surface area contributed by atoms with E-state index in [9.17, 15) is 22.0 Å². The van der Waals surface area contributed by atoms with Crippen LogP contribution in [0.15, 0.2) is 0 Å². The van der Waals surface area contributed by atoms with Gasteiger partial charge < -0.3 is 10.8 Å². The molecular weight excluding hydrogens is 247 g/mol. The van der Waals surface area contributed by atoms with Gasteiger partial charge in [0.05, 0.1) is 13.2 Å². The largest absolute Gasteiger partial charge is 0.405 e. The van der Waals surface area contributed by atoms with Gasteiger partial charge in [0.15, 0.2) is 0 Å². The molecule has 8 heteroatoms. The van der Waals surface area contributed by atoms with Gasteiger partial charge in [0.1, 0.15) is 6.04 Å². The molecule has 0 saturated heterocycles. The molecule has 0 aliphatic heterocycles. The van der Waals surface area contributed by atoms with E-state index in [4.69, 9.17) is 10.8 Å². The van der Waals surface area contributed by atoms with E-state index in [2.05, 4.69) is 0 Å². The molecule has 0 aromatic carbocycles. The van der Waals surface area contributed by atoms with Gasteiger partial charge in [-0.3, -0.25) is 4.90 Å². The molecule has 0 amide bonds. The average molecular weight is 264 g/mol. The normalized spacial score (nSPS) is 16.6. The first-order chi connectivity index (χ1) is 7.73. The summed E-state index contributed by atoms with van der Waals surface area (Å²) < 4.78 is 62.6. The lowest BCUT2D eigenvalue weighted by Crippen LogP contribution is -2.57. The summed E-state index contributed by atoms with van der Waals surface area (Å²) in [6.45, 7) is -0.723. The number of hydrogen-bond acceptors (Lipinski definition) is 3. The molecule has 0 fully saturated rings. The number of aliphatic hydroxyl groups is 1. The van der Waals surface area contributed by atoms with Crippen LogP contribution in [0.3, 0.4) is 0 Å². The highest BCUT2D eigenvalue weighted by atomic mass is 19.4. The molecule has 0 radical (unpaired) electrons. The lowest BCUT2D eigenvalue weighted by Gasteiger charge is -2.35. The molecule has 3 nitrogen and oxygen atoms in total. The summed E-state index contributed by atoms with van der Waals surface area (Å²) in [7, 11) is 0. The van der Waals surface area contributed by atoms with Gasteiger partial charge >= 0.3 is 6.18 Å². The number of halogens is 5. The predicted molar refractivity (Wildman–Crippen MR) is 52.8 cm³/mol. The van der Waals surface area contributed by atoms with Gasteiger partial charge in [0.2, 0.25) is 0 Å². The van der Waals surface area contributed by atoms with Crippen LogP contribution in [0.2, 0.25) is 0 Å². The molecule has 0 bridgehead atoms. The smallest absolute Gasteiger partial charge is 0.395 e. The van der Waals surface area contributed by atoms with E-state index in [1.54, 1.807) is 0 Å². The lowest BCUT2D eigenvalue weighted by molar-refractivity contribution is -0.194. The van der Waals surface area contributed by atoms with Gasteiger partial charge in [-0.1, -0.05) is 6.92 Å². The highest BCUT2D eigenvalue weighted by Crippen LogP contribution is 2.28. The van der Waals surface area contributed by atoms with Gasteiger partial charge in [-0.15, -0.1) is 0 Å². The van der Waals surface area contributed by atoms with Gasteiger partial charge in [-0.25, -0.2) is 8.78 Å². The molecule has 17 heavy (non-hydrogen) atoms. The Balaban J connectivity index is 4.93. The summed E-state index contributed by atoms with van der Waals surface area (Å²) in [6, 6.07) is -3.45. The summed E-state index contributed by atoms with van der Waals surface area (Å²) in [5, 5.41) is 8.62. The van der Waals surface area contributed by atoms with E-state index in [1.165, 1.54) is 6.92 Å². The highest BCUT2D eigenvalue weighted by Gasteiger charge is 2.46. The monoisotopic (exact) mass is 264 g/mol. The minimum atomic E-state index is -4.69. The third-order valence-electron chi connectivity index (χ3n) is 2.37. The van der Waals surface area contributed by atoms with Crippen molar-refractivity contribution in [3.8, 4) is 0 Å². The molecular formula is C9H17F5N2O. The second kappa shape index (κ2) is 7.07. The Labute approximate surface area is 96.4 Å². The summed E-state index contributed by atoms with van der Waals surface area (Å²) in [4.78, 5) is 0.485. The number of nitrogens with zero attached hydrogens (tertiary/aromatic N) is 1. The molecule has 0 heterocycles. The highest BCUT2D eigenvalue weighted by molar-refractivity contribution is 4.87. The van der Waals surface area contributed by atoms with Gasteiger partial charge in [-0.2, -0.15) is 13.2 Å². The van der Waals surface area contributed by atoms with Crippen molar-refractivity contribution in [2.75, 3.05) is 19.7 Å². The standard InChI is InChI=1S/C9H17F5N2O/c1-2-6(15)8(9(12,13)14)16(3-4-17)5-7(10)11/h6-8,17H,2-5,15H2,1H3. The molecule has 0 rings (SSSR count). The van der Waals surface area contributed by atoms with Crippen molar-refractivity contribution >= 4 is 0 Å². The van der Waals surface area contributed by atoms with Gasteiger partial charge in [0.25, 0.3) is 6.43 Å². The average Bonchev–Trinajstić information content (AvgIpc) is 2.14. The fraction of sp³-hybridized carbons (Fsp3) is 1.00. The topological polar surface area (TPSA) is 49.5 Å². The maximum Gasteiger partial charge on any atom is 0.405 e. The Hall–Kier alpha value is -0.470. The van der Waals surface area contributed by atoms with Crippen molar-refractivity contribution in [2.45, 2.75) is 38.0 Å². The van der Waals surface area contributed by atoms with Crippen LogP contribution in [0, 0.1) is 0 Å². The van der Waals surface area contributed by atoms with Crippen molar-refractivity contribution in [3.05, 3.63) is 0 Å². The van der Waals surface area contributed by atoms with E-state index in [1.807, 2.05) is 0 Å². The molecule has 0 aromatic rings. The fourth-order valence-electron chi connectivity index (χ4n) is 1.59. The quantitative estimate of drug-likeness (QED) is 0.680. The predicted octanol–water partition coefficient (Wildman–Crippen LogP) is 1.21. The van der Waals surface area contributed by atoms with Crippen LogP contribution in [-0.4, -0.2) is 54.4 Å². The molecule has 0 spiro atoms. The van der Waals surface area contributed by atoms with Gasteiger partial charge in [0, 0.05) is 12.6 Å². The van der Waals surface area contributed by atoms with Crippen LogP contribution < -0.4 is 5.73 Å². The SMILES string of the molecule is CCC(N)C(N(CCO)CC(F)F)C(F)(F)F. The van der Waals surface area contributed by atoms with Crippen molar-refractivity contribution in [1.29, 1.82) is 0 Å². The summed E-state index contributed by atoms with van der Waals surface area (Å²) in [6.07, 6.45) is -7.59. The van der Waals surface area contributed by atoms with Crippen LogP contribution >= 0.6 is 0 Å². The third kappa shape index (κ3) is 5.60. The summed E-state index contributed by atoms with van der Waals surface area (Å²) >= 11 is 0. The number of hydrogen-bond donors (Lipinski definition) is 2. The molecule has 104 valence electrons. The van der Waals surface area contributed by atoms with Crippen LogP contribution in [-0.2, 0) is 0 Å². The Morgan fingerprint density at radius 1 is 1.29 bits per heavy atom. The molecule has 0 saturated carbocycles. The second-order valence-electron chi connectivity index (χ2n) is 3.67. The maximum atomic E-state index is 12.7. The summed E-state index contributed by atoms with van der Waals surface area (Å²) in [5.74, 6) is 0. The molecule has 2 atom stereocenters. The first-order valence-electron chi connectivity index (χ1n) is 5.19. The van der Waals surface area contributed by atoms with Crippen LogP contribution in [0.25, 0.3) is 0 Å². The second-order valence-corrected chi connectivity index (χ2v) is 3.67. The Morgan fingerprint density at radius 3 is 2.12 bits per heavy atom. The number of alkyl halides is 5. The lowest BCUT2D eigenvalue weighted by atomic mass is 10.0. The van der Waals surface area contributed by atoms with Crippen molar-refractivity contribution in [1.82, 2.24) is 4.90 Å². The first-order valence-corrected chi connectivity index (χ1v) is 5.19. The van der Waals surface area contributed by atoms with Crippen molar-refractivity contribution in [3.63, 3.8) is 0 Å². The molecule has 0 aliphatic carbocycles. The number of rotatable bonds is 7. The van der Waals surface area contributed by atoms with Crippen molar-refractivity contribution in [2.24, 2.45) is 5.73 Å². The Bertz CT molecular complexity index is 212. The number of nitrogens with two attached hydrogens (primary N) is 1. The molecule has 0 aromatic heterocycles. The van der Waals surface area contributed by atoms with Crippen LogP contribution in [0.4, 0.5) is 22.0 Å². The minimum Gasteiger partial charge on any atom is -0.395 e. The zero-order chi connectivity index (χ0) is 13.6. The maximum absolute atomic E-state index is 12.7. The van der Waals surface area contributed by atoms with E-state index in [0.717, 1.165) is 0 Å². The van der Waals surface area contributed by atoms with E-state index in [-0.39, 0.29) is 6.42 Å². The van der Waals surface area contributed by atoms with E-state index in [0.29, 0.717) is 4.90 Å². The molecule has 3 N–H and O–H groups in total. The van der Waals surface area contributed by atoms with Gasteiger partial charge in [-0.05, 0) is 6.42 Å². The zero-order valence-electron chi connectivity index (χ0n) is 9.42. The summed E-state index contributed by atoms with van der Waals surface area (Å²) in [5.41, 5.74) is 5.32. The third-order valence-corrected chi connectivity index (χ3v) is 2.37. The van der Waals surface area contributed by atoms with Crippen LogP contribution in [0.1, 0.15) is 13.3 Å². The Kier molecular flexibility index (Phi) is 6.88. The zero-order valence-corrected chi connectivity index (χ0v) is 9.42. The number of aliphatic hydroxyl groups excluding tert-OH is 1.